The first-order valence-electron chi connectivity index (χ1n) is 5.93. The molecule has 1 aromatic rings. The number of alkyl halides is 2. The maximum atomic E-state index is 13.5. The number of ether oxygens (including phenoxy) is 1. The van der Waals surface area contributed by atoms with Gasteiger partial charge in [0, 0.05) is 11.1 Å². The summed E-state index contributed by atoms with van der Waals surface area (Å²) in [5.41, 5.74) is 5.38. The van der Waals surface area contributed by atoms with Gasteiger partial charge >= 0.3 is 0 Å². The van der Waals surface area contributed by atoms with E-state index in [4.69, 9.17) is 10.5 Å². The molecule has 18 heavy (non-hydrogen) atoms. The molecule has 1 aliphatic carbocycles. The van der Waals surface area contributed by atoms with Gasteiger partial charge in [0.2, 0.25) is 0 Å². The second kappa shape index (κ2) is 4.80. The summed E-state index contributed by atoms with van der Waals surface area (Å²) in [6.45, 7) is 0. The first-order valence-corrected chi connectivity index (χ1v) is 5.93. The minimum absolute atomic E-state index is 0.0239. The van der Waals surface area contributed by atoms with Crippen LogP contribution in [-0.4, -0.2) is 7.11 Å². The molecule has 0 aromatic heterocycles. The Morgan fingerprint density at radius 3 is 2.39 bits per heavy atom. The highest BCUT2D eigenvalue weighted by Crippen LogP contribution is 2.44. The van der Waals surface area contributed by atoms with E-state index in [1.165, 1.54) is 13.2 Å². The Labute approximate surface area is 104 Å². The Balaban J connectivity index is 2.58. The second-order valence-corrected chi connectivity index (χ2v) is 4.74. The van der Waals surface area contributed by atoms with E-state index in [-0.39, 0.29) is 5.75 Å². The molecule has 0 radical (unpaired) electrons. The summed E-state index contributed by atoms with van der Waals surface area (Å²) in [6.07, 6.45) is 0.380. The predicted octanol–water partition coefficient (Wildman–Crippen LogP) is 3.50. The lowest BCUT2D eigenvalue weighted by Crippen LogP contribution is -2.34. The second-order valence-electron chi connectivity index (χ2n) is 4.74. The summed E-state index contributed by atoms with van der Waals surface area (Å²) < 4.78 is 44.3. The third-order valence-corrected chi connectivity index (χ3v) is 3.55. The van der Waals surface area contributed by atoms with Crippen LogP contribution < -0.4 is 10.5 Å². The molecular formula is C13H16F3NO. The van der Waals surface area contributed by atoms with Crippen molar-refractivity contribution >= 4 is 0 Å². The molecule has 0 saturated heterocycles. The normalized spacial score (nSPS) is 18.3. The Morgan fingerprint density at radius 2 is 1.89 bits per heavy atom. The third-order valence-electron chi connectivity index (χ3n) is 3.55. The van der Waals surface area contributed by atoms with Crippen molar-refractivity contribution in [3.05, 3.63) is 29.1 Å². The summed E-state index contributed by atoms with van der Waals surface area (Å²) in [6, 6.07) is 2.03. The van der Waals surface area contributed by atoms with Gasteiger partial charge in [0.1, 0.15) is 11.6 Å². The molecule has 1 aromatic carbocycles. The zero-order valence-electron chi connectivity index (χ0n) is 10.2. The van der Waals surface area contributed by atoms with Gasteiger partial charge in [0.25, 0.3) is 6.43 Å². The highest BCUT2D eigenvalue weighted by atomic mass is 19.3. The summed E-state index contributed by atoms with van der Waals surface area (Å²) >= 11 is 0. The van der Waals surface area contributed by atoms with Crippen LogP contribution in [0.15, 0.2) is 12.1 Å². The lowest BCUT2D eigenvalue weighted by molar-refractivity contribution is 0.146. The average molecular weight is 259 g/mol. The number of hydrogen-bond donors (Lipinski definition) is 1. The molecule has 0 aliphatic heterocycles. The number of rotatable bonds is 3. The summed E-state index contributed by atoms with van der Waals surface area (Å²) in [4.78, 5) is 0. The number of benzene rings is 1. The van der Waals surface area contributed by atoms with Crippen molar-refractivity contribution in [2.45, 2.75) is 37.6 Å². The lowest BCUT2D eigenvalue weighted by Gasteiger charge is -2.27. The van der Waals surface area contributed by atoms with E-state index in [1.54, 1.807) is 0 Å². The average Bonchev–Trinajstić information content (AvgIpc) is 2.76. The van der Waals surface area contributed by atoms with Crippen molar-refractivity contribution in [2.75, 3.05) is 7.11 Å². The fourth-order valence-corrected chi connectivity index (χ4v) is 2.65. The van der Waals surface area contributed by atoms with Crippen molar-refractivity contribution in [3.8, 4) is 5.75 Å². The van der Waals surface area contributed by atoms with Crippen LogP contribution >= 0.6 is 0 Å². The van der Waals surface area contributed by atoms with Gasteiger partial charge in [-0.1, -0.05) is 12.8 Å². The fraction of sp³-hybridized carbons (Fsp3) is 0.538. The van der Waals surface area contributed by atoms with Gasteiger partial charge in [0.15, 0.2) is 0 Å². The van der Waals surface area contributed by atoms with Crippen LogP contribution in [0.4, 0.5) is 13.2 Å². The molecule has 5 heteroatoms. The van der Waals surface area contributed by atoms with E-state index >= 15 is 0 Å². The first kappa shape index (κ1) is 13.2. The molecule has 1 aliphatic rings. The molecular weight excluding hydrogens is 243 g/mol. The largest absolute Gasteiger partial charge is 0.496 e. The molecule has 0 bridgehead atoms. The number of hydrogen-bond acceptors (Lipinski definition) is 2. The van der Waals surface area contributed by atoms with Gasteiger partial charge in [0.05, 0.1) is 12.7 Å². The zero-order valence-corrected chi connectivity index (χ0v) is 10.2. The van der Waals surface area contributed by atoms with Crippen LogP contribution in [0.3, 0.4) is 0 Å². The van der Waals surface area contributed by atoms with Crippen LogP contribution in [0.2, 0.25) is 0 Å². The van der Waals surface area contributed by atoms with E-state index in [0.29, 0.717) is 18.4 Å². The van der Waals surface area contributed by atoms with Crippen molar-refractivity contribution in [3.63, 3.8) is 0 Å². The van der Waals surface area contributed by atoms with Crippen LogP contribution in [-0.2, 0) is 5.54 Å². The maximum Gasteiger partial charge on any atom is 0.267 e. The fourth-order valence-electron chi connectivity index (χ4n) is 2.65. The number of methoxy groups -OCH3 is 1. The molecule has 0 heterocycles. The van der Waals surface area contributed by atoms with Crippen LogP contribution in [0, 0.1) is 5.82 Å². The lowest BCUT2D eigenvalue weighted by atomic mass is 9.87. The SMILES string of the molecule is COc1c(C(F)F)cc(F)cc1C1(N)CCCC1. The smallest absolute Gasteiger partial charge is 0.267 e. The first-order chi connectivity index (χ1) is 8.48. The zero-order chi connectivity index (χ0) is 13.3. The molecule has 0 unspecified atom stereocenters. The molecule has 1 saturated carbocycles. The molecule has 2 N–H and O–H groups in total. The predicted molar refractivity (Wildman–Crippen MR) is 62.2 cm³/mol. The van der Waals surface area contributed by atoms with Gasteiger partial charge in [-0.05, 0) is 25.0 Å². The number of halogens is 3. The summed E-state index contributed by atoms with van der Waals surface area (Å²) in [5.74, 6) is -0.673. The third kappa shape index (κ3) is 2.19. The Kier molecular flexibility index (Phi) is 3.52. The van der Waals surface area contributed by atoms with Gasteiger partial charge in [-0.15, -0.1) is 0 Å². The molecule has 1 fully saturated rings. The minimum atomic E-state index is -2.78. The van der Waals surface area contributed by atoms with Gasteiger partial charge in [-0.25, -0.2) is 13.2 Å². The molecule has 2 nitrogen and oxygen atoms in total. The Hall–Kier alpha value is -1.23. The van der Waals surface area contributed by atoms with Gasteiger partial charge < -0.3 is 10.5 Å². The minimum Gasteiger partial charge on any atom is -0.496 e. The molecule has 0 atom stereocenters. The van der Waals surface area contributed by atoms with Gasteiger partial charge in [-0.2, -0.15) is 0 Å². The molecule has 2 rings (SSSR count). The Morgan fingerprint density at radius 1 is 1.28 bits per heavy atom. The van der Waals surface area contributed by atoms with Crippen molar-refractivity contribution in [1.82, 2.24) is 0 Å². The van der Waals surface area contributed by atoms with E-state index in [2.05, 4.69) is 0 Å². The van der Waals surface area contributed by atoms with E-state index in [9.17, 15) is 13.2 Å². The summed E-state index contributed by atoms with van der Waals surface area (Å²) in [7, 11) is 1.31. The maximum absolute atomic E-state index is 13.5. The van der Waals surface area contributed by atoms with Crippen molar-refractivity contribution in [1.29, 1.82) is 0 Å². The van der Waals surface area contributed by atoms with Crippen molar-refractivity contribution < 1.29 is 17.9 Å². The summed E-state index contributed by atoms with van der Waals surface area (Å²) in [5, 5.41) is 0. The van der Waals surface area contributed by atoms with E-state index in [1.807, 2.05) is 0 Å². The highest BCUT2D eigenvalue weighted by Gasteiger charge is 2.36. The van der Waals surface area contributed by atoms with E-state index in [0.717, 1.165) is 18.9 Å². The van der Waals surface area contributed by atoms with Crippen LogP contribution in [0.5, 0.6) is 5.75 Å². The standard InChI is InChI=1S/C13H16F3NO/c1-18-11-9(12(15)16)6-8(14)7-10(11)13(17)4-2-3-5-13/h6-7,12H,2-5,17H2,1H3. The van der Waals surface area contributed by atoms with Crippen molar-refractivity contribution in [2.24, 2.45) is 5.73 Å². The number of nitrogens with two attached hydrogens (primary N) is 1. The molecule has 100 valence electrons. The molecule has 0 amide bonds. The highest BCUT2D eigenvalue weighted by molar-refractivity contribution is 5.47. The quantitative estimate of drug-likeness (QED) is 0.901. The van der Waals surface area contributed by atoms with E-state index < -0.39 is 23.3 Å². The topological polar surface area (TPSA) is 35.2 Å². The molecule has 0 spiro atoms. The van der Waals surface area contributed by atoms with Gasteiger partial charge in [-0.3, -0.25) is 0 Å². The Bertz CT molecular complexity index is 442. The monoisotopic (exact) mass is 259 g/mol. The van der Waals surface area contributed by atoms with Crippen LogP contribution in [0.25, 0.3) is 0 Å². The van der Waals surface area contributed by atoms with Crippen LogP contribution in [0.1, 0.15) is 43.2 Å².